The van der Waals surface area contributed by atoms with Crippen molar-refractivity contribution in [2.24, 2.45) is 0 Å². The number of aromatic nitrogens is 2. The van der Waals surface area contributed by atoms with Crippen molar-refractivity contribution in [1.29, 1.82) is 0 Å². The van der Waals surface area contributed by atoms with Crippen LogP contribution in [0.5, 0.6) is 0 Å². The second-order valence-electron chi connectivity index (χ2n) is 7.21. The second kappa shape index (κ2) is 7.80. The predicted molar refractivity (Wildman–Crippen MR) is 106 cm³/mol. The van der Waals surface area contributed by atoms with Gasteiger partial charge in [0.15, 0.2) is 0 Å². The van der Waals surface area contributed by atoms with E-state index in [4.69, 9.17) is 0 Å². The van der Waals surface area contributed by atoms with Crippen LogP contribution in [0, 0.1) is 10.1 Å². The second-order valence-corrected chi connectivity index (χ2v) is 7.21. The Kier molecular flexibility index (Phi) is 5.06. The number of hydrogen-bond donors (Lipinski definition) is 1. The van der Waals surface area contributed by atoms with Gasteiger partial charge in [-0.25, -0.2) is 0 Å². The van der Waals surface area contributed by atoms with Crippen molar-refractivity contribution < 1.29 is 9.72 Å². The zero-order valence-corrected chi connectivity index (χ0v) is 15.5. The molecule has 1 atom stereocenters. The molecule has 7 nitrogen and oxygen atoms in total. The fraction of sp³-hybridized carbons (Fsp3) is 0.333. The summed E-state index contributed by atoms with van der Waals surface area (Å²) in [7, 11) is 0. The molecule has 0 unspecified atom stereocenters. The van der Waals surface area contributed by atoms with E-state index in [9.17, 15) is 14.9 Å². The van der Waals surface area contributed by atoms with Crippen LogP contribution >= 0.6 is 0 Å². The number of fused-ring (bicyclic) bond motifs is 2. The summed E-state index contributed by atoms with van der Waals surface area (Å²) in [6.07, 6.45) is 5.29. The van der Waals surface area contributed by atoms with Gasteiger partial charge in [0.25, 0.3) is 5.69 Å². The van der Waals surface area contributed by atoms with Gasteiger partial charge in [-0.3, -0.25) is 19.6 Å². The van der Waals surface area contributed by atoms with Gasteiger partial charge in [0, 0.05) is 36.4 Å². The van der Waals surface area contributed by atoms with E-state index in [0.29, 0.717) is 24.5 Å². The number of nitrogens with zero attached hydrogens (tertiary/aromatic N) is 3. The number of carbonyl (C=O) groups is 1. The molecular formula is C21H22N4O3. The summed E-state index contributed by atoms with van der Waals surface area (Å²) in [6.45, 7) is 1.03. The lowest BCUT2D eigenvalue weighted by Crippen LogP contribution is -2.30. The van der Waals surface area contributed by atoms with Gasteiger partial charge >= 0.3 is 0 Å². The first-order chi connectivity index (χ1) is 13.6. The van der Waals surface area contributed by atoms with E-state index in [1.54, 1.807) is 16.9 Å². The van der Waals surface area contributed by atoms with Gasteiger partial charge in [-0.15, -0.1) is 0 Å². The van der Waals surface area contributed by atoms with Crippen molar-refractivity contribution in [1.82, 2.24) is 15.1 Å². The molecular weight excluding hydrogens is 356 g/mol. The third-order valence-electron chi connectivity index (χ3n) is 5.43. The van der Waals surface area contributed by atoms with Crippen molar-refractivity contribution >= 4 is 22.5 Å². The van der Waals surface area contributed by atoms with E-state index in [-0.39, 0.29) is 18.0 Å². The third-order valence-corrected chi connectivity index (χ3v) is 5.43. The number of nitro groups is 1. The zero-order valence-electron chi connectivity index (χ0n) is 15.5. The van der Waals surface area contributed by atoms with Crippen LogP contribution in [0.4, 0.5) is 5.69 Å². The molecule has 0 radical (unpaired) electrons. The molecule has 28 heavy (non-hydrogen) atoms. The van der Waals surface area contributed by atoms with Crippen LogP contribution < -0.4 is 5.32 Å². The summed E-state index contributed by atoms with van der Waals surface area (Å²) >= 11 is 0. The zero-order chi connectivity index (χ0) is 19.5. The van der Waals surface area contributed by atoms with Crippen LogP contribution in [0.3, 0.4) is 0 Å². The Hall–Kier alpha value is -3.22. The van der Waals surface area contributed by atoms with Gasteiger partial charge in [-0.1, -0.05) is 24.3 Å². The monoisotopic (exact) mass is 378 g/mol. The van der Waals surface area contributed by atoms with Crippen molar-refractivity contribution in [3.05, 3.63) is 69.9 Å². The first-order valence-electron chi connectivity index (χ1n) is 9.56. The molecule has 0 spiro atoms. The fourth-order valence-corrected chi connectivity index (χ4v) is 3.95. The number of rotatable bonds is 6. The van der Waals surface area contributed by atoms with Crippen LogP contribution in [0.15, 0.2) is 48.7 Å². The minimum Gasteiger partial charge on any atom is -0.355 e. The van der Waals surface area contributed by atoms with E-state index >= 15 is 0 Å². The molecule has 4 rings (SSSR count). The van der Waals surface area contributed by atoms with Crippen LogP contribution in [-0.4, -0.2) is 27.2 Å². The first-order valence-corrected chi connectivity index (χ1v) is 9.56. The quantitative estimate of drug-likeness (QED) is 0.524. The molecule has 1 aromatic heterocycles. The number of benzene rings is 2. The van der Waals surface area contributed by atoms with Gasteiger partial charge in [-0.05, 0) is 36.5 Å². The molecule has 7 heteroatoms. The van der Waals surface area contributed by atoms with Gasteiger partial charge in [0.2, 0.25) is 5.91 Å². The normalized spacial score (nSPS) is 15.9. The van der Waals surface area contributed by atoms with Gasteiger partial charge in [-0.2, -0.15) is 5.10 Å². The number of carbonyl (C=O) groups excluding carboxylic acids is 1. The lowest BCUT2D eigenvalue weighted by Gasteiger charge is -2.25. The standard InChI is InChI=1S/C21H22N4O3/c26-21(22-13-16-6-3-5-15-4-1-2-7-19(15)16)10-11-24-20-12-18(25(27)28)9-8-17(20)14-23-24/h1-2,4,7-9,12,14,16H,3,5-6,10-11,13H2,(H,22,26)/t16-/m1/s1. The van der Waals surface area contributed by atoms with E-state index in [1.165, 1.54) is 23.3 Å². The molecule has 1 N–H and O–H groups in total. The molecule has 0 saturated carbocycles. The lowest BCUT2D eigenvalue weighted by molar-refractivity contribution is -0.384. The summed E-state index contributed by atoms with van der Waals surface area (Å²) in [5, 5.41) is 19.1. The van der Waals surface area contributed by atoms with Gasteiger partial charge < -0.3 is 5.32 Å². The predicted octanol–water partition coefficient (Wildman–Crippen LogP) is 3.57. The fourth-order valence-electron chi connectivity index (χ4n) is 3.95. The molecule has 0 aliphatic heterocycles. The Morgan fingerprint density at radius 3 is 3.00 bits per heavy atom. The molecule has 1 heterocycles. The molecule has 0 fully saturated rings. The van der Waals surface area contributed by atoms with Crippen molar-refractivity contribution in [2.45, 2.75) is 38.1 Å². The van der Waals surface area contributed by atoms with E-state index < -0.39 is 4.92 Å². The van der Waals surface area contributed by atoms with E-state index in [0.717, 1.165) is 24.6 Å². The van der Waals surface area contributed by atoms with Gasteiger partial charge in [0.1, 0.15) is 0 Å². The maximum absolute atomic E-state index is 12.3. The summed E-state index contributed by atoms with van der Waals surface area (Å²) in [5.74, 6) is 0.333. The van der Waals surface area contributed by atoms with Crippen LogP contribution in [0.2, 0.25) is 0 Å². The number of hydrogen-bond acceptors (Lipinski definition) is 4. The minimum absolute atomic E-state index is 0.0228. The molecule has 1 aliphatic rings. The third kappa shape index (κ3) is 3.74. The first kappa shape index (κ1) is 18.2. The van der Waals surface area contributed by atoms with Crippen molar-refractivity contribution in [2.75, 3.05) is 6.54 Å². The minimum atomic E-state index is -0.425. The number of amides is 1. The number of non-ortho nitro benzene ring substituents is 1. The molecule has 1 amide bonds. The highest BCUT2D eigenvalue weighted by atomic mass is 16.6. The maximum atomic E-state index is 12.3. The SMILES string of the molecule is O=C(CCn1ncc2ccc([N+](=O)[O-])cc21)NC[C@H]1CCCc2ccccc21. The number of aryl methyl sites for hydroxylation is 2. The van der Waals surface area contributed by atoms with E-state index in [1.807, 2.05) is 0 Å². The highest BCUT2D eigenvalue weighted by Crippen LogP contribution is 2.30. The molecule has 3 aromatic rings. The number of nitrogens with one attached hydrogen (secondary N) is 1. The summed E-state index contributed by atoms with van der Waals surface area (Å²) in [6, 6.07) is 13.1. The molecule has 1 aliphatic carbocycles. The van der Waals surface area contributed by atoms with Crippen LogP contribution in [-0.2, 0) is 17.8 Å². The summed E-state index contributed by atoms with van der Waals surface area (Å²) in [4.78, 5) is 22.9. The van der Waals surface area contributed by atoms with Crippen LogP contribution in [0.25, 0.3) is 10.9 Å². The topological polar surface area (TPSA) is 90.1 Å². The number of nitro benzene ring substituents is 1. The average molecular weight is 378 g/mol. The molecule has 0 bridgehead atoms. The van der Waals surface area contributed by atoms with Gasteiger partial charge in [0.05, 0.1) is 23.2 Å². The average Bonchev–Trinajstić information content (AvgIpc) is 3.13. The maximum Gasteiger partial charge on any atom is 0.271 e. The smallest absolute Gasteiger partial charge is 0.271 e. The van der Waals surface area contributed by atoms with Crippen LogP contribution in [0.1, 0.15) is 36.3 Å². The Bertz CT molecular complexity index is 1030. The molecule has 2 aromatic carbocycles. The van der Waals surface area contributed by atoms with Crippen molar-refractivity contribution in [3.63, 3.8) is 0 Å². The molecule has 0 saturated heterocycles. The van der Waals surface area contributed by atoms with E-state index in [2.05, 4.69) is 34.7 Å². The highest BCUT2D eigenvalue weighted by Gasteiger charge is 2.20. The Morgan fingerprint density at radius 2 is 2.14 bits per heavy atom. The lowest BCUT2D eigenvalue weighted by atomic mass is 9.83. The van der Waals surface area contributed by atoms with Crippen molar-refractivity contribution in [3.8, 4) is 0 Å². The summed E-state index contributed by atoms with van der Waals surface area (Å²) < 4.78 is 1.65. The Labute approximate surface area is 162 Å². The Balaban J connectivity index is 1.36. The molecule has 144 valence electrons. The Morgan fingerprint density at radius 1 is 1.29 bits per heavy atom. The summed E-state index contributed by atoms with van der Waals surface area (Å²) in [5.41, 5.74) is 3.43. The highest BCUT2D eigenvalue weighted by molar-refractivity contribution is 5.81. The largest absolute Gasteiger partial charge is 0.355 e.